The van der Waals surface area contributed by atoms with Crippen LogP contribution in [0.15, 0.2) is 94.3 Å². The van der Waals surface area contributed by atoms with Crippen molar-refractivity contribution in [2.24, 2.45) is 0 Å². The monoisotopic (exact) mass is 522 g/mol. The number of amides is 2. The van der Waals surface area contributed by atoms with Crippen LogP contribution in [0.5, 0.6) is 0 Å². The van der Waals surface area contributed by atoms with E-state index in [1.807, 2.05) is 54.6 Å². The van der Waals surface area contributed by atoms with Crippen molar-refractivity contribution >= 4 is 61.7 Å². The minimum atomic E-state index is -0.506. The number of nitrogens with one attached hydrogen (secondary N) is 2. The van der Waals surface area contributed by atoms with Gasteiger partial charge in [-0.1, -0.05) is 52.3 Å². The zero-order valence-electron chi connectivity index (χ0n) is 17.6. The van der Waals surface area contributed by atoms with E-state index in [1.54, 1.807) is 25.1 Å². The van der Waals surface area contributed by atoms with Gasteiger partial charge in [0.25, 0.3) is 5.91 Å². The maximum absolute atomic E-state index is 14.0. The lowest BCUT2D eigenvalue weighted by Crippen LogP contribution is -2.23. The summed E-state index contributed by atoms with van der Waals surface area (Å²) in [4.78, 5) is 26.1. The molecule has 0 aliphatic carbocycles. The minimum Gasteiger partial charge on any atom is -0.323 e. The van der Waals surface area contributed by atoms with Crippen molar-refractivity contribution in [3.63, 3.8) is 0 Å². The zero-order valence-corrected chi connectivity index (χ0v) is 20.0. The summed E-state index contributed by atoms with van der Waals surface area (Å²) in [5.74, 6) is -1.03. The van der Waals surface area contributed by atoms with Crippen molar-refractivity contribution in [1.82, 2.24) is 0 Å². The van der Waals surface area contributed by atoms with Gasteiger partial charge in [0.05, 0.1) is 10.9 Å². The van der Waals surface area contributed by atoms with Gasteiger partial charge in [0.1, 0.15) is 5.82 Å². The summed E-state index contributed by atoms with van der Waals surface area (Å²) in [6.07, 6.45) is 0. The Hall–Kier alpha value is -3.16. The Labute approximate surface area is 203 Å². The first-order chi connectivity index (χ1) is 15.9. The van der Waals surface area contributed by atoms with E-state index in [0.29, 0.717) is 15.7 Å². The predicted octanol–water partition coefficient (Wildman–Crippen LogP) is 7.11. The quantitative estimate of drug-likeness (QED) is 0.265. The van der Waals surface area contributed by atoms with Crippen LogP contribution in [-0.4, -0.2) is 17.1 Å². The molecule has 0 saturated carbocycles. The van der Waals surface area contributed by atoms with Crippen LogP contribution >= 0.6 is 27.7 Å². The molecule has 0 aromatic heterocycles. The summed E-state index contributed by atoms with van der Waals surface area (Å²) >= 11 is 4.52. The zero-order chi connectivity index (χ0) is 23.4. The molecule has 33 heavy (non-hydrogen) atoms. The van der Waals surface area contributed by atoms with Crippen molar-refractivity contribution in [2.75, 3.05) is 10.6 Å². The van der Waals surface area contributed by atoms with Gasteiger partial charge in [-0.2, -0.15) is 0 Å². The molecular weight excluding hydrogens is 503 g/mol. The smallest absolute Gasteiger partial charge is 0.255 e. The van der Waals surface area contributed by atoms with Crippen LogP contribution in [0.25, 0.3) is 10.8 Å². The number of benzene rings is 4. The van der Waals surface area contributed by atoms with Crippen LogP contribution in [0.4, 0.5) is 15.8 Å². The van der Waals surface area contributed by atoms with E-state index in [-0.39, 0.29) is 17.5 Å². The second-order valence-corrected chi connectivity index (χ2v) is 9.75. The molecule has 4 rings (SSSR count). The number of hydrogen-bond donors (Lipinski definition) is 2. The normalized spacial score (nSPS) is 11.7. The molecule has 0 aliphatic rings. The number of fused-ring (bicyclic) bond motifs is 1. The summed E-state index contributed by atoms with van der Waals surface area (Å²) < 4.78 is 14.6. The number of carbonyl (C=O) groups is 2. The Kier molecular flexibility index (Phi) is 7.11. The van der Waals surface area contributed by atoms with Gasteiger partial charge in [-0.05, 0) is 66.2 Å². The first kappa shape index (κ1) is 23.0. The molecule has 2 N–H and O–H groups in total. The van der Waals surface area contributed by atoms with E-state index in [9.17, 15) is 14.0 Å². The Balaban J connectivity index is 1.41. The van der Waals surface area contributed by atoms with E-state index < -0.39 is 11.1 Å². The van der Waals surface area contributed by atoms with E-state index in [1.165, 1.54) is 23.9 Å². The summed E-state index contributed by atoms with van der Waals surface area (Å²) in [6.45, 7) is 1.75. The first-order valence-electron chi connectivity index (χ1n) is 10.2. The molecule has 0 radical (unpaired) electrons. The third kappa shape index (κ3) is 5.80. The lowest BCUT2D eigenvalue weighted by Gasteiger charge is -2.14. The Bertz CT molecular complexity index is 1340. The molecule has 0 bridgehead atoms. The van der Waals surface area contributed by atoms with Crippen LogP contribution in [0.2, 0.25) is 0 Å². The molecule has 0 saturated heterocycles. The van der Waals surface area contributed by atoms with Gasteiger partial charge in [-0.25, -0.2) is 4.39 Å². The highest BCUT2D eigenvalue weighted by Gasteiger charge is 2.17. The lowest BCUT2D eigenvalue weighted by atomic mass is 10.1. The average Bonchev–Trinajstić information content (AvgIpc) is 2.80. The number of anilines is 2. The third-order valence-corrected chi connectivity index (χ3v) is 6.56. The van der Waals surface area contributed by atoms with Crippen molar-refractivity contribution in [1.29, 1.82) is 0 Å². The molecular formula is C26H20BrFN2O2S. The Morgan fingerprint density at radius 1 is 0.879 bits per heavy atom. The highest BCUT2D eigenvalue weighted by Crippen LogP contribution is 2.28. The van der Waals surface area contributed by atoms with Crippen molar-refractivity contribution < 1.29 is 14.0 Å². The van der Waals surface area contributed by atoms with Gasteiger partial charge in [-0.15, -0.1) is 11.8 Å². The average molecular weight is 523 g/mol. The molecule has 4 aromatic carbocycles. The van der Waals surface area contributed by atoms with E-state index in [4.69, 9.17) is 0 Å². The van der Waals surface area contributed by atoms with Gasteiger partial charge >= 0.3 is 0 Å². The van der Waals surface area contributed by atoms with Gasteiger partial charge in [0.15, 0.2) is 0 Å². The van der Waals surface area contributed by atoms with Crippen molar-refractivity contribution in [2.45, 2.75) is 17.1 Å². The topological polar surface area (TPSA) is 58.2 Å². The first-order valence-corrected chi connectivity index (χ1v) is 11.9. The molecule has 0 heterocycles. The largest absolute Gasteiger partial charge is 0.323 e. The van der Waals surface area contributed by atoms with Crippen molar-refractivity contribution in [3.05, 3.63) is 101 Å². The molecule has 1 atom stereocenters. The molecule has 7 heteroatoms. The van der Waals surface area contributed by atoms with Gasteiger partial charge in [0, 0.05) is 20.6 Å². The second-order valence-electron chi connectivity index (χ2n) is 7.42. The molecule has 0 fully saturated rings. The SMILES string of the molecule is CC(Sc1cccc(NC(=O)c2ccc3ccccc3c2)c1)C(=O)Nc1ccc(Br)cc1F. The third-order valence-electron chi connectivity index (χ3n) is 4.97. The van der Waals surface area contributed by atoms with Gasteiger partial charge in [0.2, 0.25) is 5.91 Å². The number of hydrogen-bond acceptors (Lipinski definition) is 3. The molecule has 2 amide bonds. The van der Waals surface area contributed by atoms with Crippen LogP contribution in [0.1, 0.15) is 17.3 Å². The standard InChI is InChI=1S/C26H20BrFN2O2S/c1-16(25(31)30-24-12-11-20(27)14-23(24)28)33-22-8-4-7-21(15-22)29-26(32)19-10-9-17-5-2-3-6-18(17)13-19/h2-16H,1H3,(H,29,32)(H,30,31). The number of carbonyl (C=O) groups excluding carboxylic acids is 2. The molecule has 4 aromatic rings. The molecule has 4 nitrogen and oxygen atoms in total. The fraction of sp³-hybridized carbons (Fsp3) is 0.0769. The van der Waals surface area contributed by atoms with E-state index in [2.05, 4.69) is 26.6 Å². The molecule has 166 valence electrons. The van der Waals surface area contributed by atoms with E-state index >= 15 is 0 Å². The highest BCUT2D eigenvalue weighted by molar-refractivity contribution is 9.10. The molecule has 0 spiro atoms. The van der Waals surface area contributed by atoms with E-state index in [0.717, 1.165) is 15.7 Å². The number of halogens is 2. The summed E-state index contributed by atoms with van der Waals surface area (Å²) in [5.41, 5.74) is 1.33. The summed E-state index contributed by atoms with van der Waals surface area (Å²) in [6, 6.07) is 25.2. The maximum atomic E-state index is 14.0. The van der Waals surface area contributed by atoms with Crippen molar-refractivity contribution in [3.8, 4) is 0 Å². The van der Waals surface area contributed by atoms with Crippen LogP contribution in [0.3, 0.4) is 0 Å². The Morgan fingerprint density at radius 3 is 2.45 bits per heavy atom. The number of rotatable bonds is 6. The summed E-state index contributed by atoms with van der Waals surface area (Å²) in [7, 11) is 0. The van der Waals surface area contributed by atoms with Crippen LogP contribution < -0.4 is 10.6 Å². The number of thioether (sulfide) groups is 1. The summed E-state index contributed by atoms with van der Waals surface area (Å²) in [5, 5.41) is 7.12. The van der Waals surface area contributed by atoms with Gasteiger partial charge < -0.3 is 10.6 Å². The second kappa shape index (κ2) is 10.2. The fourth-order valence-corrected chi connectivity index (χ4v) is 4.52. The van der Waals surface area contributed by atoms with Gasteiger partial charge in [-0.3, -0.25) is 9.59 Å². The predicted molar refractivity (Wildman–Crippen MR) is 136 cm³/mol. The minimum absolute atomic E-state index is 0.132. The molecule has 1 unspecified atom stereocenters. The maximum Gasteiger partial charge on any atom is 0.255 e. The highest BCUT2D eigenvalue weighted by atomic mass is 79.9. The molecule has 0 aliphatic heterocycles. The lowest BCUT2D eigenvalue weighted by molar-refractivity contribution is -0.115. The Morgan fingerprint density at radius 2 is 1.67 bits per heavy atom. The van der Waals surface area contributed by atoms with Crippen LogP contribution in [-0.2, 0) is 4.79 Å². The fourth-order valence-electron chi connectivity index (χ4n) is 3.26. The van der Waals surface area contributed by atoms with Crippen LogP contribution in [0, 0.1) is 5.82 Å².